The van der Waals surface area contributed by atoms with Crippen LogP contribution in [0.15, 0.2) is 78.9 Å². The van der Waals surface area contributed by atoms with Crippen LogP contribution >= 0.6 is 0 Å². The lowest BCUT2D eigenvalue weighted by atomic mass is 10.2. The number of morpholine rings is 1. The quantitative estimate of drug-likeness (QED) is 0.422. The van der Waals surface area contributed by atoms with Crippen molar-refractivity contribution in [2.75, 3.05) is 44.7 Å². The second-order valence-electron chi connectivity index (χ2n) is 8.45. The van der Waals surface area contributed by atoms with E-state index in [2.05, 4.69) is 10.2 Å². The van der Waals surface area contributed by atoms with Gasteiger partial charge in [0.05, 0.1) is 18.8 Å². The highest BCUT2D eigenvalue weighted by Gasteiger charge is 2.30. The molecule has 2 amide bonds. The van der Waals surface area contributed by atoms with E-state index in [1.165, 1.54) is 12.1 Å². The number of alkyl halides is 3. The molecule has 0 aromatic heterocycles. The molecule has 0 bridgehead atoms. The van der Waals surface area contributed by atoms with Gasteiger partial charge in [-0.25, -0.2) is 4.79 Å². The summed E-state index contributed by atoms with van der Waals surface area (Å²) in [5, 5.41) is 2.63. The molecule has 4 rings (SSSR count). The first-order valence-corrected chi connectivity index (χ1v) is 11.7. The molecule has 0 aliphatic carbocycles. The third-order valence-electron chi connectivity index (χ3n) is 5.77. The fourth-order valence-corrected chi connectivity index (χ4v) is 3.87. The average molecular weight is 500 g/mol. The van der Waals surface area contributed by atoms with Crippen molar-refractivity contribution in [1.29, 1.82) is 0 Å². The summed E-state index contributed by atoms with van der Waals surface area (Å²) < 4.78 is 50.7. The van der Waals surface area contributed by atoms with Crippen LogP contribution in [0.2, 0.25) is 0 Å². The Labute approximate surface area is 208 Å². The van der Waals surface area contributed by atoms with Crippen LogP contribution in [-0.4, -0.2) is 55.2 Å². The fourth-order valence-electron chi connectivity index (χ4n) is 3.87. The highest BCUT2D eigenvalue weighted by Crippen LogP contribution is 2.31. The third-order valence-corrected chi connectivity index (χ3v) is 5.77. The highest BCUT2D eigenvalue weighted by atomic mass is 19.4. The zero-order valence-corrected chi connectivity index (χ0v) is 19.7. The first-order valence-electron chi connectivity index (χ1n) is 11.7. The summed E-state index contributed by atoms with van der Waals surface area (Å²) in [6, 6.07) is 20.9. The number of anilines is 1. The minimum absolute atomic E-state index is 0.0901. The molecule has 0 atom stereocenters. The van der Waals surface area contributed by atoms with Gasteiger partial charge in [-0.1, -0.05) is 36.4 Å². The molecule has 0 saturated carbocycles. The van der Waals surface area contributed by atoms with Gasteiger partial charge in [-0.15, -0.1) is 0 Å². The Hall–Kier alpha value is -3.56. The Balaban J connectivity index is 1.48. The number of rotatable bonds is 8. The summed E-state index contributed by atoms with van der Waals surface area (Å²) >= 11 is 0. The lowest BCUT2D eigenvalue weighted by Gasteiger charge is -2.30. The van der Waals surface area contributed by atoms with Gasteiger partial charge >= 0.3 is 12.2 Å². The van der Waals surface area contributed by atoms with Gasteiger partial charge in [0.25, 0.3) is 0 Å². The van der Waals surface area contributed by atoms with E-state index in [-0.39, 0.29) is 12.2 Å². The maximum absolute atomic E-state index is 13.2. The van der Waals surface area contributed by atoms with Crippen molar-refractivity contribution in [1.82, 2.24) is 9.80 Å². The van der Waals surface area contributed by atoms with Gasteiger partial charge in [-0.3, -0.25) is 4.90 Å². The van der Waals surface area contributed by atoms with Crippen LogP contribution in [0.25, 0.3) is 0 Å². The summed E-state index contributed by atoms with van der Waals surface area (Å²) in [6.07, 6.45) is -4.49. The molecule has 1 heterocycles. The maximum Gasteiger partial charge on any atom is 0.416 e. The zero-order valence-electron chi connectivity index (χ0n) is 19.7. The minimum atomic E-state index is -4.49. The number of carbonyl (C=O) groups is 1. The third kappa shape index (κ3) is 7.47. The first kappa shape index (κ1) is 25.5. The molecule has 0 unspecified atom stereocenters. The number of urea groups is 1. The van der Waals surface area contributed by atoms with Gasteiger partial charge < -0.3 is 19.7 Å². The van der Waals surface area contributed by atoms with Gasteiger partial charge in [0.2, 0.25) is 0 Å². The van der Waals surface area contributed by atoms with Crippen LogP contribution in [-0.2, 0) is 17.5 Å². The molecule has 1 N–H and O–H groups in total. The topological polar surface area (TPSA) is 54.0 Å². The van der Waals surface area contributed by atoms with E-state index in [0.717, 1.165) is 30.8 Å². The van der Waals surface area contributed by atoms with E-state index in [9.17, 15) is 18.0 Å². The Morgan fingerprint density at radius 1 is 0.944 bits per heavy atom. The van der Waals surface area contributed by atoms with E-state index < -0.39 is 17.8 Å². The zero-order chi connectivity index (χ0) is 25.4. The Bertz CT molecular complexity index is 1140. The molecule has 0 radical (unpaired) electrons. The molecule has 36 heavy (non-hydrogen) atoms. The summed E-state index contributed by atoms with van der Waals surface area (Å²) in [5.41, 5.74) is 0.114. The number of para-hydroxylation sites is 1. The van der Waals surface area contributed by atoms with Gasteiger partial charge in [-0.2, -0.15) is 13.2 Å². The van der Waals surface area contributed by atoms with Crippen LogP contribution in [0.3, 0.4) is 0 Å². The molecule has 0 spiro atoms. The SMILES string of the molecule is O=C(Nc1cccc(C(F)(F)F)c1)N(CCN1CCOCC1)Cc1cccc(Oc2ccccc2)c1. The van der Waals surface area contributed by atoms with Crippen molar-refractivity contribution in [2.45, 2.75) is 12.7 Å². The van der Waals surface area contributed by atoms with Gasteiger partial charge in [0.15, 0.2) is 0 Å². The largest absolute Gasteiger partial charge is 0.457 e. The number of amides is 2. The van der Waals surface area contributed by atoms with Crippen LogP contribution < -0.4 is 10.1 Å². The maximum atomic E-state index is 13.2. The Kier molecular flexibility index (Phi) is 8.45. The van der Waals surface area contributed by atoms with Crippen LogP contribution in [0.5, 0.6) is 11.5 Å². The number of hydrogen-bond acceptors (Lipinski definition) is 4. The molecule has 6 nitrogen and oxygen atoms in total. The lowest BCUT2D eigenvalue weighted by Crippen LogP contribution is -2.44. The van der Waals surface area contributed by atoms with Crippen LogP contribution in [0, 0.1) is 0 Å². The van der Waals surface area contributed by atoms with Gasteiger partial charge in [0.1, 0.15) is 11.5 Å². The second-order valence-corrected chi connectivity index (χ2v) is 8.45. The van der Waals surface area contributed by atoms with Crippen molar-refractivity contribution in [3.63, 3.8) is 0 Å². The standard InChI is InChI=1S/C27H28F3N3O3/c28-27(29,30)22-7-5-8-23(19-22)31-26(34)33(13-12-32-14-16-35-17-15-32)20-21-6-4-11-25(18-21)36-24-9-2-1-3-10-24/h1-11,18-19H,12-17,20H2,(H,31,34). The van der Waals surface area contributed by atoms with Crippen molar-refractivity contribution in [2.24, 2.45) is 0 Å². The van der Waals surface area contributed by atoms with Crippen LogP contribution in [0.4, 0.5) is 23.7 Å². The lowest BCUT2D eigenvalue weighted by molar-refractivity contribution is -0.137. The average Bonchev–Trinajstić information content (AvgIpc) is 2.87. The molecule has 1 aliphatic heterocycles. The number of ether oxygens (including phenoxy) is 2. The number of carbonyl (C=O) groups excluding carboxylic acids is 1. The minimum Gasteiger partial charge on any atom is -0.457 e. The first-order chi connectivity index (χ1) is 17.4. The number of benzene rings is 3. The number of nitrogens with zero attached hydrogens (tertiary/aromatic N) is 2. The molecule has 190 valence electrons. The molecular formula is C27H28F3N3O3. The number of nitrogens with one attached hydrogen (secondary N) is 1. The molecule has 1 aliphatic rings. The molecule has 9 heteroatoms. The monoisotopic (exact) mass is 499 g/mol. The van der Waals surface area contributed by atoms with Crippen molar-refractivity contribution in [3.05, 3.63) is 90.0 Å². The van der Waals surface area contributed by atoms with E-state index in [1.807, 2.05) is 54.6 Å². The predicted molar refractivity (Wildman–Crippen MR) is 131 cm³/mol. The normalized spacial score (nSPS) is 14.3. The van der Waals surface area contributed by atoms with E-state index in [0.29, 0.717) is 37.8 Å². The van der Waals surface area contributed by atoms with E-state index in [4.69, 9.17) is 9.47 Å². The summed E-state index contributed by atoms with van der Waals surface area (Å²) in [7, 11) is 0. The molecule has 3 aromatic carbocycles. The van der Waals surface area contributed by atoms with Crippen molar-refractivity contribution >= 4 is 11.7 Å². The molecule has 1 fully saturated rings. The Morgan fingerprint density at radius 3 is 2.42 bits per heavy atom. The van der Waals surface area contributed by atoms with Gasteiger partial charge in [-0.05, 0) is 48.0 Å². The molecule has 1 saturated heterocycles. The summed E-state index contributed by atoms with van der Waals surface area (Å²) in [5.74, 6) is 1.33. The molecule has 3 aromatic rings. The Morgan fingerprint density at radius 2 is 1.67 bits per heavy atom. The highest BCUT2D eigenvalue weighted by molar-refractivity contribution is 5.89. The number of hydrogen-bond donors (Lipinski definition) is 1. The second kappa shape index (κ2) is 11.9. The smallest absolute Gasteiger partial charge is 0.416 e. The summed E-state index contributed by atoms with van der Waals surface area (Å²) in [6.45, 7) is 4.09. The number of halogens is 3. The molecular weight excluding hydrogens is 471 g/mol. The van der Waals surface area contributed by atoms with Crippen molar-refractivity contribution < 1.29 is 27.4 Å². The van der Waals surface area contributed by atoms with E-state index in [1.54, 1.807) is 4.90 Å². The van der Waals surface area contributed by atoms with E-state index >= 15 is 0 Å². The fraction of sp³-hybridized carbons (Fsp3) is 0.296. The summed E-state index contributed by atoms with van der Waals surface area (Å²) in [4.78, 5) is 17.0. The van der Waals surface area contributed by atoms with Crippen molar-refractivity contribution in [3.8, 4) is 11.5 Å². The van der Waals surface area contributed by atoms with Crippen LogP contribution in [0.1, 0.15) is 11.1 Å². The van der Waals surface area contributed by atoms with Gasteiger partial charge in [0, 0.05) is 38.4 Å². The predicted octanol–water partition coefficient (Wildman–Crippen LogP) is 5.86.